The molecule has 1 heterocycles. The second-order valence-corrected chi connectivity index (χ2v) is 6.58. The van der Waals surface area contributed by atoms with Crippen LogP contribution in [0.1, 0.15) is 22.4 Å². The SMILES string of the molecule is NC1(Cc2sccc2Cl)CCc2ccccc2C1. The van der Waals surface area contributed by atoms with Crippen LogP contribution in [0.25, 0.3) is 0 Å². The highest BCUT2D eigenvalue weighted by atomic mass is 35.5. The summed E-state index contributed by atoms with van der Waals surface area (Å²) in [6.45, 7) is 0. The first kappa shape index (κ1) is 12.2. The minimum atomic E-state index is -0.136. The molecule has 1 atom stereocenters. The first-order chi connectivity index (χ1) is 8.66. The van der Waals surface area contributed by atoms with Crippen LogP contribution in [-0.4, -0.2) is 5.54 Å². The maximum absolute atomic E-state index is 6.58. The number of aryl methyl sites for hydroxylation is 1. The standard InChI is InChI=1S/C15H16ClNS/c16-13-6-8-18-14(13)10-15(17)7-5-11-3-1-2-4-12(11)9-15/h1-4,6,8H,5,7,9-10,17H2. The van der Waals surface area contributed by atoms with E-state index in [0.717, 1.165) is 30.7 Å². The quantitative estimate of drug-likeness (QED) is 0.887. The monoisotopic (exact) mass is 277 g/mol. The summed E-state index contributed by atoms with van der Waals surface area (Å²) in [6, 6.07) is 10.6. The number of rotatable bonds is 2. The maximum atomic E-state index is 6.58. The summed E-state index contributed by atoms with van der Waals surface area (Å²) < 4.78 is 0. The molecule has 1 aliphatic carbocycles. The first-order valence-corrected chi connectivity index (χ1v) is 7.50. The Labute approximate surface area is 117 Å². The third kappa shape index (κ3) is 2.33. The number of halogens is 1. The highest BCUT2D eigenvalue weighted by Gasteiger charge is 2.31. The van der Waals surface area contributed by atoms with Gasteiger partial charge in [-0.1, -0.05) is 35.9 Å². The Hall–Kier alpha value is -0.830. The van der Waals surface area contributed by atoms with Crippen molar-refractivity contribution in [1.29, 1.82) is 0 Å². The second-order valence-electron chi connectivity index (χ2n) is 5.18. The van der Waals surface area contributed by atoms with E-state index in [1.807, 2.05) is 11.4 Å². The average Bonchev–Trinajstić information content (AvgIpc) is 2.74. The van der Waals surface area contributed by atoms with Gasteiger partial charge in [0.05, 0.1) is 5.02 Å². The average molecular weight is 278 g/mol. The van der Waals surface area contributed by atoms with Crippen LogP contribution in [-0.2, 0) is 19.3 Å². The van der Waals surface area contributed by atoms with E-state index in [9.17, 15) is 0 Å². The highest BCUT2D eigenvalue weighted by molar-refractivity contribution is 7.10. The van der Waals surface area contributed by atoms with Crippen molar-refractivity contribution in [2.45, 2.75) is 31.2 Å². The van der Waals surface area contributed by atoms with Crippen molar-refractivity contribution in [2.24, 2.45) is 5.73 Å². The summed E-state index contributed by atoms with van der Waals surface area (Å²) in [5.74, 6) is 0. The number of nitrogens with two attached hydrogens (primary N) is 1. The maximum Gasteiger partial charge on any atom is 0.0545 e. The number of benzene rings is 1. The summed E-state index contributed by atoms with van der Waals surface area (Å²) in [5, 5.41) is 2.90. The van der Waals surface area contributed by atoms with E-state index in [1.54, 1.807) is 11.3 Å². The highest BCUT2D eigenvalue weighted by Crippen LogP contribution is 2.33. The van der Waals surface area contributed by atoms with Gasteiger partial charge in [0.15, 0.2) is 0 Å². The molecular formula is C15H16ClNS. The van der Waals surface area contributed by atoms with Gasteiger partial charge >= 0.3 is 0 Å². The molecule has 3 rings (SSSR count). The van der Waals surface area contributed by atoms with Crippen molar-refractivity contribution in [3.63, 3.8) is 0 Å². The van der Waals surface area contributed by atoms with Crippen LogP contribution in [0.15, 0.2) is 35.7 Å². The molecule has 2 N–H and O–H groups in total. The van der Waals surface area contributed by atoms with Crippen molar-refractivity contribution >= 4 is 22.9 Å². The number of fused-ring (bicyclic) bond motifs is 1. The predicted molar refractivity (Wildman–Crippen MR) is 78.4 cm³/mol. The molecule has 3 heteroatoms. The topological polar surface area (TPSA) is 26.0 Å². The normalized spacial score (nSPS) is 22.8. The van der Waals surface area contributed by atoms with Crippen LogP contribution in [0, 0.1) is 0 Å². The molecule has 1 unspecified atom stereocenters. The summed E-state index contributed by atoms with van der Waals surface area (Å²) in [7, 11) is 0. The number of hydrogen-bond donors (Lipinski definition) is 1. The third-order valence-electron chi connectivity index (χ3n) is 3.76. The van der Waals surface area contributed by atoms with E-state index >= 15 is 0 Å². The lowest BCUT2D eigenvalue weighted by Gasteiger charge is -2.34. The molecule has 0 radical (unpaired) electrons. The van der Waals surface area contributed by atoms with Crippen molar-refractivity contribution in [2.75, 3.05) is 0 Å². The Kier molecular flexibility index (Phi) is 3.18. The van der Waals surface area contributed by atoms with Gasteiger partial charge in [0.1, 0.15) is 0 Å². The van der Waals surface area contributed by atoms with E-state index in [2.05, 4.69) is 24.3 Å². The molecule has 1 nitrogen and oxygen atoms in total. The van der Waals surface area contributed by atoms with Gasteiger partial charge in [-0.25, -0.2) is 0 Å². The predicted octanol–water partition coefficient (Wildman–Crippen LogP) is 3.83. The van der Waals surface area contributed by atoms with Crippen molar-refractivity contribution in [1.82, 2.24) is 0 Å². The Bertz CT molecular complexity index is 563. The molecule has 2 aromatic rings. The molecule has 0 aliphatic heterocycles. The van der Waals surface area contributed by atoms with Gasteiger partial charge in [-0.2, -0.15) is 0 Å². The van der Waals surface area contributed by atoms with Gasteiger partial charge in [0.25, 0.3) is 0 Å². The molecule has 1 aliphatic rings. The number of hydrogen-bond acceptors (Lipinski definition) is 2. The first-order valence-electron chi connectivity index (χ1n) is 6.24. The van der Waals surface area contributed by atoms with Crippen LogP contribution in [0.4, 0.5) is 0 Å². The number of thiophene rings is 1. The zero-order chi connectivity index (χ0) is 12.6. The molecule has 0 spiro atoms. The molecule has 18 heavy (non-hydrogen) atoms. The van der Waals surface area contributed by atoms with E-state index < -0.39 is 0 Å². The van der Waals surface area contributed by atoms with Gasteiger partial charge < -0.3 is 5.73 Å². The lowest BCUT2D eigenvalue weighted by molar-refractivity contribution is 0.371. The third-order valence-corrected chi connectivity index (χ3v) is 5.14. The van der Waals surface area contributed by atoms with Crippen molar-refractivity contribution in [3.8, 4) is 0 Å². The fourth-order valence-electron chi connectivity index (χ4n) is 2.75. The summed E-state index contributed by atoms with van der Waals surface area (Å²) in [6.07, 6.45) is 3.96. The summed E-state index contributed by atoms with van der Waals surface area (Å²) >= 11 is 7.89. The zero-order valence-electron chi connectivity index (χ0n) is 10.2. The molecular weight excluding hydrogens is 262 g/mol. The van der Waals surface area contributed by atoms with E-state index in [-0.39, 0.29) is 5.54 Å². The van der Waals surface area contributed by atoms with Gasteiger partial charge in [0, 0.05) is 16.8 Å². The minimum Gasteiger partial charge on any atom is -0.324 e. The van der Waals surface area contributed by atoms with Crippen molar-refractivity contribution in [3.05, 3.63) is 56.7 Å². The Balaban J connectivity index is 1.84. The molecule has 1 aromatic carbocycles. The van der Waals surface area contributed by atoms with E-state index in [4.69, 9.17) is 17.3 Å². The fourth-order valence-corrected chi connectivity index (χ4v) is 4.00. The van der Waals surface area contributed by atoms with Crippen molar-refractivity contribution < 1.29 is 0 Å². The van der Waals surface area contributed by atoms with Crippen LogP contribution < -0.4 is 5.73 Å². The van der Waals surface area contributed by atoms with Crippen LogP contribution in [0.3, 0.4) is 0 Å². The molecule has 0 saturated heterocycles. The second kappa shape index (κ2) is 4.69. The Morgan fingerprint density at radius 1 is 1.22 bits per heavy atom. The van der Waals surface area contributed by atoms with Crippen LogP contribution >= 0.6 is 22.9 Å². The molecule has 0 saturated carbocycles. The fraction of sp³-hybridized carbons (Fsp3) is 0.333. The van der Waals surface area contributed by atoms with Gasteiger partial charge in [0.2, 0.25) is 0 Å². The van der Waals surface area contributed by atoms with Crippen LogP contribution in [0.2, 0.25) is 5.02 Å². The molecule has 0 bridgehead atoms. The molecule has 0 amide bonds. The van der Waals surface area contributed by atoms with Gasteiger partial charge in [-0.3, -0.25) is 0 Å². The molecule has 1 aromatic heterocycles. The van der Waals surface area contributed by atoms with Gasteiger partial charge in [-0.05, 0) is 41.8 Å². The van der Waals surface area contributed by atoms with Gasteiger partial charge in [-0.15, -0.1) is 11.3 Å². The largest absolute Gasteiger partial charge is 0.324 e. The van der Waals surface area contributed by atoms with E-state index in [0.29, 0.717) is 0 Å². The lowest BCUT2D eigenvalue weighted by Crippen LogP contribution is -2.46. The smallest absolute Gasteiger partial charge is 0.0545 e. The summed E-state index contributed by atoms with van der Waals surface area (Å²) in [5.41, 5.74) is 9.30. The van der Waals surface area contributed by atoms with E-state index in [1.165, 1.54) is 16.0 Å². The summed E-state index contributed by atoms with van der Waals surface area (Å²) in [4.78, 5) is 1.22. The minimum absolute atomic E-state index is 0.136. The Morgan fingerprint density at radius 2 is 2.00 bits per heavy atom. The zero-order valence-corrected chi connectivity index (χ0v) is 11.7. The molecule has 0 fully saturated rings. The Morgan fingerprint density at radius 3 is 2.72 bits per heavy atom. The van der Waals surface area contributed by atoms with Crippen LogP contribution in [0.5, 0.6) is 0 Å². The lowest BCUT2D eigenvalue weighted by atomic mass is 9.76. The molecule has 94 valence electrons.